The molecule has 3 aromatic heterocycles. The highest BCUT2D eigenvalue weighted by Crippen LogP contribution is 2.30. The number of aromatic nitrogens is 4. The number of nitrogens with one attached hydrogen (secondary N) is 1. The fourth-order valence-corrected chi connectivity index (χ4v) is 4.54. The van der Waals surface area contributed by atoms with E-state index in [2.05, 4.69) is 36.2 Å². The number of rotatable bonds is 5. The molecule has 0 aliphatic carbocycles. The Labute approximate surface area is 204 Å². The number of benzene rings is 1. The lowest BCUT2D eigenvalue weighted by molar-refractivity contribution is 0.0737. The van der Waals surface area contributed by atoms with Gasteiger partial charge in [-0.15, -0.1) is 0 Å². The fraction of sp³-hybridized carbons (Fsp3) is 0.217. The summed E-state index contributed by atoms with van der Waals surface area (Å²) in [6, 6.07) is 7.13. The number of halogens is 1. The first kappa shape index (κ1) is 22.1. The van der Waals surface area contributed by atoms with E-state index in [9.17, 15) is 4.79 Å². The van der Waals surface area contributed by atoms with E-state index < -0.39 is 0 Å². The lowest BCUT2D eigenvalue weighted by atomic mass is 10.1. The van der Waals surface area contributed by atoms with Crippen molar-refractivity contribution in [1.82, 2.24) is 29.7 Å². The van der Waals surface area contributed by atoms with E-state index in [-0.39, 0.29) is 12.5 Å². The first-order valence-electron chi connectivity index (χ1n) is 10.7. The molecule has 1 aliphatic rings. The molecule has 0 spiro atoms. The molecule has 0 atom stereocenters. The molecule has 5 N–H and O–H groups in total. The average Bonchev–Trinajstić information content (AvgIpc) is 3.21. The number of nitrogens with zero attached hydrogens (tertiary/aromatic N) is 5. The second-order valence-electron chi connectivity index (χ2n) is 7.94. The van der Waals surface area contributed by atoms with Crippen molar-refractivity contribution in [3.63, 3.8) is 0 Å². The molecular weight excluding hydrogens is 500 g/mol. The summed E-state index contributed by atoms with van der Waals surface area (Å²) < 4.78 is 8.63. The predicted octanol–water partition coefficient (Wildman–Crippen LogP) is 2.37. The molecule has 5 rings (SSSR count). The molecule has 0 saturated carbocycles. The zero-order chi connectivity index (χ0) is 23.7. The van der Waals surface area contributed by atoms with E-state index in [4.69, 9.17) is 16.2 Å². The van der Waals surface area contributed by atoms with Gasteiger partial charge in [0.05, 0.1) is 22.8 Å². The third kappa shape index (κ3) is 4.27. The molecule has 10 nitrogen and oxygen atoms in total. The largest absolute Gasteiger partial charge is 0.489 e. The highest BCUT2D eigenvalue weighted by Gasteiger charge is 2.20. The van der Waals surface area contributed by atoms with Crippen LogP contribution in [0.1, 0.15) is 15.9 Å². The topological polar surface area (TPSA) is 137 Å². The molecule has 4 heterocycles. The first-order valence-corrected chi connectivity index (χ1v) is 11.5. The lowest BCUT2D eigenvalue weighted by Gasteiger charge is -2.27. The number of carbonyl (C=O) groups is 1. The molecular formula is C23H23BrN8O2. The number of amides is 1. The van der Waals surface area contributed by atoms with Crippen LogP contribution in [-0.4, -0.2) is 56.5 Å². The Bertz CT molecular complexity index is 1370. The van der Waals surface area contributed by atoms with Crippen molar-refractivity contribution < 1.29 is 9.53 Å². The molecule has 0 bridgehead atoms. The van der Waals surface area contributed by atoms with E-state index in [1.165, 1.54) is 6.33 Å². The number of hydrogen-bond donors (Lipinski definition) is 3. The van der Waals surface area contributed by atoms with Gasteiger partial charge in [0.1, 0.15) is 24.5 Å². The highest BCUT2D eigenvalue weighted by atomic mass is 79.9. The van der Waals surface area contributed by atoms with Gasteiger partial charge in [-0.05, 0) is 34.1 Å². The smallest absolute Gasteiger partial charge is 0.256 e. The quantitative estimate of drug-likeness (QED) is 0.339. The minimum atomic E-state index is -0.0583. The van der Waals surface area contributed by atoms with Crippen LogP contribution in [0.15, 0.2) is 53.7 Å². The van der Waals surface area contributed by atoms with Crippen LogP contribution in [-0.2, 0) is 6.61 Å². The third-order valence-corrected chi connectivity index (χ3v) is 6.29. The molecule has 174 valence electrons. The normalized spacial score (nSPS) is 13.9. The molecule has 34 heavy (non-hydrogen) atoms. The van der Waals surface area contributed by atoms with Gasteiger partial charge in [0.15, 0.2) is 5.65 Å². The summed E-state index contributed by atoms with van der Waals surface area (Å²) in [7, 11) is 0. The Morgan fingerprint density at radius 2 is 1.97 bits per heavy atom. The third-order valence-electron chi connectivity index (χ3n) is 5.69. The Balaban J connectivity index is 1.32. The van der Waals surface area contributed by atoms with Crippen LogP contribution in [0.2, 0.25) is 0 Å². The minimum absolute atomic E-state index is 0.0583. The fourth-order valence-electron chi connectivity index (χ4n) is 3.95. The zero-order valence-electron chi connectivity index (χ0n) is 18.2. The summed E-state index contributed by atoms with van der Waals surface area (Å²) >= 11 is 3.53. The van der Waals surface area contributed by atoms with Gasteiger partial charge in [0.25, 0.3) is 5.91 Å². The van der Waals surface area contributed by atoms with Crippen LogP contribution in [0.4, 0.5) is 11.5 Å². The van der Waals surface area contributed by atoms with E-state index in [0.29, 0.717) is 41.6 Å². The summed E-state index contributed by atoms with van der Waals surface area (Å²) in [5.41, 5.74) is 15.4. The second-order valence-corrected chi connectivity index (χ2v) is 8.79. The van der Waals surface area contributed by atoms with Crippen molar-refractivity contribution in [3.05, 3.63) is 64.8 Å². The molecule has 0 unspecified atom stereocenters. The maximum atomic E-state index is 12.7. The number of carbonyl (C=O) groups excluding carboxylic acids is 1. The van der Waals surface area contributed by atoms with Crippen LogP contribution in [0.25, 0.3) is 16.7 Å². The number of nitrogen functional groups attached to an aromatic ring is 2. The van der Waals surface area contributed by atoms with Gasteiger partial charge in [-0.3, -0.25) is 14.3 Å². The number of nitrogens with two attached hydrogens (primary N) is 2. The molecule has 0 radical (unpaired) electrons. The molecule has 4 aromatic rings. The van der Waals surface area contributed by atoms with Crippen molar-refractivity contribution in [2.24, 2.45) is 0 Å². The maximum Gasteiger partial charge on any atom is 0.256 e. The molecule has 1 saturated heterocycles. The summed E-state index contributed by atoms with van der Waals surface area (Å²) in [4.78, 5) is 27.3. The maximum absolute atomic E-state index is 12.7. The van der Waals surface area contributed by atoms with Crippen LogP contribution < -0.4 is 21.5 Å². The molecule has 11 heteroatoms. The van der Waals surface area contributed by atoms with Crippen LogP contribution >= 0.6 is 15.9 Å². The Morgan fingerprint density at radius 3 is 2.76 bits per heavy atom. The van der Waals surface area contributed by atoms with Crippen molar-refractivity contribution >= 4 is 44.4 Å². The van der Waals surface area contributed by atoms with Crippen LogP contribution in [0.5, 0.6) is 5.75 Å². The number of piperazine rings is 1. The van der Waals surface area contributed by atoms with Crippen LogP contribution in [0, 0.1) is 0 Å². The van der Waals surface area contributed by atoms with Gasteiger partial charge >= 0.3 is 0 Å². The van der Waals surface area contributed by atoms with Crippen molar-refractivity contribution in [3.8, 4) is 11.4 Å². The Morgan fingerprint density at radius 1 is 1.15 bits per heavy atom. The standard InChI is InChI=1S/C23H23BrN8O2/c24-18-11-32(22-20(18)21(26)29-13-30-22)15-7-14(9-28-10-15)12-34-16-1-2-17(19(25)8-16)23(33)31-5-3-27-4-6-31/h1-2,7-11,13,27H,3-6,12,25H2,(H2,26,29,30). The summed E-state index contributed by atoms with van der Waals surface area (Å²) in [6.45, 7) is 3.20. The Hall–Kier alpha value is -3.70. The SMILES string of the molecule is Nc1cc(OCc2cncc(-n3cc(Br)c4c(N)ncnc43)c2)ccc1C(=O)N1CCNCC1. The van der Waals surface area contributed by atoms with E-state index >= 15 is 0 Å². The van der Waals surface area contributed by atoms with Crippen molar-refractivity contribution in [2.75, 3.05) is 37.6 Å². The van der Waals surface area contributed by atoms with Gasteiger partial charge in [0.2, 0.25) is 0 Å². The second kappa shape index (κ2) is 9.27. The van der Waals surface area contributed by atoms with Gasteiger partial charge < -0.3 is 26.4 Å². The highest BCUT2D eigenvalue weighted by molar-refractivity contribution is 9.10. The number of ether oxygens (including phenoxy) is 1. The van der Waals surface area contributed by atoms with E-state index in [1.54, 1.807) is 30.6 Å². The first-order chi connectivity index (χ1) is 16.5. The van der Waals surface area contributed by atoms with Crippen molar-refractivity contribution in [1.29, 1.82) is 0 Å². The van der Waals surface area contributed by atoms with Gasteiger partial charge in [-0.25, -0.2) is 9.97 Å². The van der Waals surface area contributed by atoms with E-state index in [1.807, 2.05) is 21.7 Å². The molecule has 1 amide bonds. The summed E-state index contributed by atoms with van der Waals surface area (Å²) in [6.07, 6.45) is 6.79. The van der Waals surface area contributed by atoms with Gasteiger partial charge in [0, 0.05) is 60.4 Å². The number of pyridine rings is 1. The Kier molecular flexibility index (Phi) is 6.03. The summed E-state index contributed by atoms with van der Waals surface area (Å²) in [5.74, 6) is 0.922. The van der Waals surface area contributed by atoms with Crippen LogP contribution in [0.3, 0.4) is 0 Å². The average molecular weight is 523 g/mol. The predicted molar refractivity (Wildman–Crippen MR) is 133 cm³/mol. The number of anilines is 2. The molecule has 1 fully saturated rings. The molecule has 1 aromatic carbocycles. The van der Waals surface area contributed by atoms with Gasteiger partial charge in [-0.2, -0.15) is 0 Å². The monoisotopic (exact) mass is 522 g/mol. The lowest BCUT2D eigenvalue weighted by Crippen LogP contribution is -2.46. The number of fused-ring (bicyclic) bond motifs is 1. The molecule has 1 aliphatic heterocycles. The minimum Gasteiger partial charge on any atom is -0.489 e. The summed E-state index contributed by atoms with van der Waals surface area (Å²) in [5, 5.41) is 3.98. The number of hydrogen-bond acceptors (Lipinski definition) is 8. The van der Waals surface area contributed by atoms with Crippen molar-refractivity contribution in [2.45, 2.75) is 6.61 Å². The zero-order valence-corrected chi connectivity index (χ0v) is 19.8. The van der Waals surface area contributed by atoms with Gasteiger partial charge in [-0.1, -0.05) is 0 Å². The van der Waals surface area contributed by atoms with E-state index in [0.717, 1.165) is 34.2 Å².